The first-order valence-electron chi connectivity index (χ1n) is 5.98. The van der Waals surface area contributed by atoms with E-state index in [0.29, 0.717) is 0 Å². The van der Waals surface area contributed by atoms with Gasteiger partial charge in [-0.25, -0.2) is 4.79 Å². The third-order valence-corrected chi connectivity index (χ3v) is 3.28. The molecule has 2 N–H and O–H groups in total. The molecule has 0 saturated carbocycles. The monoisotopic (exact) mass is 316 g/mol. The topological polar surface area (TPSA) is 58.2 Å². The first-order chi connectivity index (χ1) is 9.23. The van der Waals surface area contributed by atoms with Crippen molar-refractivity contribution in [3.05, 3.63) is 71.8 Å². The summed E-state index contributed by atoms with van der Waals surface area (Å²) in [6.07, 6.45) is 0. The summed E-state index contributed by atoms with van der Waals surface area (Å²) >= 11 is 0. The fraction of sp³-hybridized carbons (Fsp3) is 0.0667. The minimum absolute atomic E-state index is 0. The summed E-state index contributed by atoms with van der Waals surface area (Å²) in [7, 11) is 0. The Morgan fingerprint density at radius 3 is 1.55 bits per heavy atom. The smallest absolute Gasteiger partial charge is 0.316 e. The van der Waals surface area contributed by atoms with Crippen LogP contribution >= 0.6 is 0 Å². The van der Waals surface area contributed by atoms with Crippen LogP contribution in [0.15, 0.2) is 60.7 Å². The van der Waals surface area contributed by atoms with Gasteiger partial charge in [-0.2, -0.15) is 0 Å². The molecule has 94 valence electrons. The van der Waals surface area contributed by atoms with Gasteiger partial charge in [0.05, 0.1) is 0 Å². The van der Waals surface area contributed by atoms with Crippen molar-refractivity contribution < 1.29 is 29.1 Å². The third kappa shape index (κ3) is 2.14. The molecule has 3 amide bonds. The van der Waals surface area contributed by atoms with Crippen molar-refractivity contribution in [2.75, 3.05) is 0 Å². The molecule has 4 nitrogen and oxygen atoms in total. The van der Waals surface area contributed by atoms with Gasteiger partial charge >= 0.3 is 25.5 Å². The van der Waals surface area contributed by atoms with Gasteiger partial charge in [-0.1, -0.05) is 60.7 Å². The molecule has 0 bridgehead atoms. The van der Waals surface area contributed by atoms with Crippen molar-refractivity contribution in [1.29, 1.82) is 0 Å². The maximum atomic E-state index is 12.3. The summed E-state index contributed by atoms with van der Waals surface area (Å²) in [6, 6.07) is 18.0. The molecule has 1 aliphatic rings. The van der Waals surface area contributed by atoms with Crippen LogP contribution in [0.4, 0.5) is 4.79 Å². The van der Waals surface area contributed by atoms with Gasteiger partial charge in [0, 0.05) is 0 Å². The summed E-state index contributed by atoms with van der Waals surface area (Å²) in [4.78, 5) is 23.9. The zero-order valence-corrected chi connectivity index (χ0v) is 13.8. The van der Waals surface area contributed by atoms with E-state index in [1.807, 2.05) is 60.7 Å². The van der Waals surface area contributed by atoms with Crippen LogP contribution < -0.4 is 10.6 Å². The van der Waals surface area contributed by atoms with E-state index in [9.17, 15) is 9.59 Å². The Labute approximate surface area is 129 Å². The first kappa shape index (κ1) is 14.4. The van der Waals surface area contributed by atoms with Gasteiger partial charge in [0.15, 0.2) is 5.54 Å². The van der Waals surface area contributed by atoms with Crippen LogP contribution in [-0.4, -0.2) is 11.9 Å². The Morgan fingerprint density at radius 1 is 0.750 bits per heavy atom. The largest absolute Gasteiger partial charge is 2.00 e. The van der Waals surface area contributed by atoms with Crippen LogP contribution in [0.1, 0.15) is 11.1 Å². The Morgan fingerprint density at radius 2 is 1.20 bits per heavy atom. The number of benzene rings is 2. The molecule has 0 unspecified atom stereocenters. The Balaban J connectivity index is 0.00000147. The Bertz CT molecular complexity index is 589. The molecule has 1 fully saturated rings. The molecule has 0 radical (unpaired) electrons. The molecule has 20 heavy (non-hydrogen) atoms. The second-order valence-electron chi connectivity index (χ2n) is 4.39. The Hall–Kier alpha value is -2.00. The van der Waals surface area contributed by atoms with Crippen LogP contribution in [0, 0.1) is 0 Å². The Kier molecular flexibility index (Phi) is 4.00. The molecule has 2 aromatic carbocycles. The third-order valence-electron chi connectivity index (χ3n) is 3.28. The van der Waals surface area contributed by atoms with Crippen molar-refractivity contribution in [1.82, 2.24) is 10.6 Å². The number of carbonyl (C=O) groups is 2. The molecule has 3 rings (SSSR count). The average molecular weight is 318 g/mol. The summed E-state index contributed by atoms with van der Waals surface area (Å²) in [5.41, 5.74) is 0.341. The number of hydrogen-bond acceptors (Lipinski definition) is 2. The minimum atomic E-state index is -1.14. The maximum absolute atomic E-state index is 12.3. The number of imide groups is 1. The second-order valence-corrected chi connectivity index (χ2v) is 4.39. The van der Waals surface area contributed by atoms with Crippen molar-refractivity contribution in [3.8, 4) is 0 Å². The molecule has 0 aromatic heterocycles. The number of hydrogen-bond donors (Lipinski definition) is 2. The van der Waals surface area contributed by atoms with Crippen molar-refractivity contribution in [2.24, 2.45) is 0 Å². The van der Waals surface area contributed by atoms with Crippen molar-refractivity contribution in [2.45, 2.75) is 5.54 Å². The standard InChI is InChI=1S/C15H12N2O2.Zn/c18-13-15(17-14(19)16-13,11-7-3-1-4-8-11)12-9-5-2-6-10-12;/h1-10H,(H2,16,17,18,19);/q;+2. The van der Waals surface area contributed by atoms with E-state index in [4.69, 9.17) is 0 Å². The first-order valence-corrected chi connectivity index (χ1v) is 5.98. The van der Waals surface area contributed by atoms with Crippen LogP contribution in [0.2, 0.25) is 0 Å². The van der Waals surface area contributed by atoms with Crippen molar-refractivity contribution in [3.63, 3.8) is 0 Å². The molecule has 2 aromatic rings. The van der Waals surface area contributed by atoms with E-state index < -0.39 is 11.6 Å². The number of urea groups is 1. The molecule has 0 aliphatic carbocycles. The van der Waals surface area contributed by atoms with E-state index >= 15 is 0 Å². The molecular formula is C15H12N2O2Zn+2. The average Bonchev–Trinajstić information content (AvgIpc) is 2.76. The quantitative estimate of drug-likeness (QED) is 0.655. The van der Waals surface area contributed by atoms with Crippen LogP contribution in [-0.2, 0) is 29.8 Å². The van der Waals surface area contributed by atoms with Crippen LogP contribution in [0.3, 0.4) is 0 Å². The van der Waals surface area contributed by atoms with Gasteiger partial charge in [-0.05, 0) is 11.1 Å². The fourth-order valence-corrected chi connectivity index (χ4v) is 2.40. The SMILES string of the molecule is O=C1NC(=O)C(c2ccccc2)(c2ccccc2)N1.[Zn+2]. The second kappa shape index (κ2) is 5.55. The summed E-state index contributed by atoms with van der Waals surface area (Å²) in [6.45, 7) is 0. The van der Waals surface area contributed by atoms with Crippen LogP contribution in [0.5, 0.6) is 0 Å². The van der Waals surface area contributed by atoms with Gasteiger partial charge in [0.25, 0.3) is 5.91 Å². The molecule has 5 heteroatoms. The molecule has 1 aliphatic heterocycles. The zero-order chi connectivity index (χ0) is 13.3. The van der Waals surface area contributed by atoms with Gasteiger partial charge in [-0.3, -0.25) is 10.1 Å². The summed E-state index contributed by atoms with van der Waals surface area (Å²) in [5.74, 6) is -0.352. The normalized spacial score (nSPS) is 16.0. The number of amides is 3. The predicted molar refractivity (Wildman–Crippen MR) is 70.3 cm³/mol. The van der Waals surface area contributed by atoms with Gasteiger partial charge in [0.2, 0.25) is 0 Å². The predicted octanol–water partition coefficient (Wildman–Crippen LogP) is 1.77. The van der Waals surface area contributed by atoms with E-state index in [1.54, 1.807) is 0 Å². The fourth-order valence-electron chi connectivity index (χ4n) is 2.40. The van der Waals surface area contributed by atoms with E-state index in [-0.39, 0.29) is 25.4 Å². The van der Waals surface area contributed by atoms with E-state index in [0.717, 1.165) is 11.1 Å². The summed E-state index contributed by atoms with van der Waals surface area (Å²) in [5, 5.41) is 5.07. The van der Waals surface area contributed by atoms with Gasteiger partial charge in [0.1, 0.15) is 0 Å². The zero-order valence-electron chi connectivity index (χ0n) is 10.8. The molecule has 0 atom stereocenters. The van der Waals surface area contributed by atoms with Crippen LogP contribution in [0.25, 0.3) is 0 Å². The molecule has 1 heterocycles. The molecular weight excluding hydrogens is 306 g/mol. The molecule has 1 saturated heterocycles. The minimum Gasteiger partial charge on any atom is -0.316 e. The summed E-state index contributed by atoms with van der Waals surface area (Å²) < 4.78 is 0. The number of rotatable bonds is 2. The van der Waals surface area contributed by atoms with Gasteiger partial charge in [-0.15, -0.1) is 0 Å². The van der Waals surface area contributed by atoms with Gasteiger partial charge < -0.3 is 5.32 Å². The maximum Gasteiger partial charge on any atom is 2.00 e. The number of carbonyl (C=O) groups excluding carboxylic acids is 2. The van der Waals surface area contributed by atoms with Crippen molar-refractivity contribution >= 4 is 11.9 Å². The van der Waals surface area contributed by atoms with E-state index in [1.165, 1.54) is 0 Å². The molecule has 0 spiro atoms. The number of nitrogens with one attached hydrogen (secondary N) is 2. The van der Waals surface area contributed by atoms with E-state index in [2.05, 4.69) is 10.6 Å².